The van der Waals surface area contributed by atoms with Crippen molar-refractivity contribution in [3.8, 4) is 0 Å². The molecule has 8 heteroatoms. The highest BCUT2D eigenvalue weighted by Gasteiger charge is 2.08. The van der Waals surface area contributed by atoms with Crippen molar-refractivity contribution in [3.63, 3.8) is 0 Å². The minimum absolute atomic E-state index is 0. The van der Waals surface area contributed by atoms with Gasteiger partial charge in [0.1, 0.15) is 0 Å². The van der Waals surface area contributed by atoms with Crippen molar-refractivity contribution in [2.24, 2.45) is 5.73 Å². The van der Waals surface area contributed by atoms with Crippen molar-refractivity contribution in [2.75, 3.05) is 18.8 Å². The number of halogens is 1. The van der Waals surface area contributed by atoms with Crippen molar-refractivity contribution in [2.45, 2.75) is 19.4 Å². The summed E-state index contributed by atoms with van der Waals surface area (Å²) in [6.45, 7) is 3.24. The highest BCUT2D eigenvalue weighted by molar-refractivity contribution is 8.69. The lowest BCUT2D eigenvalue weighted by molar-refractivity contribution is 0.502. The van der Waals surface area contributed by atoms with Gasteiger partial charge in [-0.05, 0) is 37.2 Å². The van der Waals surface area contributed by atoms with E-state index < -0.39 is 9.15 Å². The molecule has 0 radical (unpaired) electrons. The number of nitrogens with one attached hydrogen (secondary N) is 1. The van der Waals surface area contributed by atoms with Gasteiger partial charge in [0.05, 0.1) is 0 Å². The second-order valence-corrected chi connectivity index (χ2v) is 6.10. The predicted octanol–water partition coefficient (Wildman–Crippen LogP) is 0.271. The fourth-order valence-electron chi connectivity index (χ4n) is 0.697. The molecule has 0 bridgehead atoms. The maximum Gasteiger partial charge on any atom is 0.319 e. The minimum atomic E-state index is -3.90. The van der Waals surface area contributed by atoms with E-state index in [-0.39, 0.29) is 18.4 Å². The Balaban J connectivity index is 0. The van der Waals surface area contributed by atoms with Gasteiger partial charge in [-0.1, -0.05) is 0 Å². The Hall–Kier alpha value is 0.470. The SMILES string of the molecule is CC(CSS(=O)(=O)O)NCCCN.Cl. The fourth-order valence-corrected chi connectivity index (χ4v) is 2.32. The Morgan fingerprint density at radius 3 is 2.57 bits per heavy atom. The number of rotatable bonds is 7. The molecule has 0 aliphatic rings. The molecule has 0 aromatic carbocycles. The smallest absolute Gasteiger partial charge is 0.319 e. The molecule has 0 aromatic heterocycles. The summed E-state index contributed by atoms with van der Waals surface area (Å²) in [6.07, 6.45) is 0.862. The van der Waals surface area contributed by atoms with Gasteiger partial charge < -0.3 is 11.1 Å². The summed E-state index contributed by atoms with van der Waals surface area (Å²) in [6, 6.07) is 0.0541. The molecule has 0 saturated carbocycles. The fraction of sp³-hybridized carbons (Fsp3) is 1.00. The average Bonchev–Trinajstić information content (AvgIpc) is 2.00. The molecule has 88 valence electrons. The highest BCUT2D eigenvalue weighted by atomic mass is 35.5. The standard InChI is InChI=1S/C6H16N2O3S2.ClH/c1-6(8-4-2-3-7)5-12-13(9,10)11;/h6,8H,2-5,7H2,1H3,(H,9,10,11);1H. The molecular formula is C6H17ClN2O3S2. The van der Waals surface area contributed by atoms with Crippen LogP contribution in [-0.2, 0) is 9.15 Å². The van der Waals surface area contributed by atoms with Gasteiger partial charge in [-0.15, -0.1) is 12.4 Å². The monoisotopic (exact) mass is 264 g/mol. The number of hydrogen-bond acceptors (Lipinski definition) is 5. The summed E-state index contributed by atoms with van der Waals surface area (Å²) in [4.78, 5) is 0. The molecule has 0 aliphatic heterocycles. The summed E-state index contributed by atoms with van der Waals surface area (Å²) >= 11 is 0. The molecule has 0 heterocycles. The molecule has 0 fully saturated rings. The Bertz CT molecular complexity index is 223. The van der Waals surface area contributed by atoms with Gasteiger partial charge >= 0.3 is 9.15 Å². The van der Waals surface area contributed by atoms with Gasteiger partial charge in [0.15, 0.2) is 0 Å². The Kier molecular flexibility index (Phi) is 10.6. The zero-order valence-electron chi connectivity index (χ0n) is 7.97. The van der Waals surface area contributed by atoms with E-state index in [4.69, 9.17) is 10.3 Å². The Morgan fingerprint density at radius 2 is 2.14 bits per heavy atom. The lowest BCUT2D eigenvalue weighted by Gasteiger charge is -2.11. The molecular weight excluding hydrogens is 248 g/mol. The van der Waals surface area contributed by atoms with Crippen LogP contribution in [0.5, 0.6) is 0 Å². The van der Waals surface area contributed by atoms with Crippen LogP contribution in [0.25, 0.3) is 0 Å². The zero-order chi connectivity index (χ0) is 10.3. The molecule has 5 nitrogen and oxygen atoms in total. The average molecular weight is 265 g/mol. The van der Waals surface area contributed by atoms with Crippen molar-refractivity contribution in [3.05, 3.63) is 0 Å². The summed E-state index contributed by atoms with van der Waals surface area (Å²) in [5.74, 6) is 0.337. The third-order valence-electron chi connectivity index (χ3n) is 1.34. The first-order valence-electron chi connectivity index (χ1n) is 4.01. The summed E-state index contributed by atoms with van der Waals surface area (Å²) < 4.78 is 29.1. The largest absolute Gasteiger partial charge is 0.330 e. The molecule has 0 saturated heterocycles. The molecule has 0 aromatic rings. The molecule has 4 N–H and O–H groups in total. The van der Waals surface area contributed by atoms with E-state index in [9.17, 15) is 8.42 Å². The lowest BCUT2D eigenvalue weighted by atomic mass is 10.3. The molecule has 0 aliphatic carbocycles. The van der Waals surface area contributed by atoms with Gasteiger partial charge in [0.25, 0.3) is 0 Å². The van der Waals surface area contributed by atoms with E-state index in [1.807, 2.05) is 6.92 Å². The normalized spacial score (nSPS) is 13.4. The van der Waals surface area contributed by atoms with Crippen LogP contribution in [0.3, 0.4) is 0 Å². The third kappa shape index (κ3) is 12.5. The van der Waals surface area contributed by atoms with Crippen LogP contribution >= 0.6 is 23.2 Å². The highest BCUT2D eigenvalue weighted by Crippen LogP contribution is 2.10. The molecule has 14 heavy (non-hydrogen) atoms. The maximum atomic E-state index is 10.3. The Labute approximate surface area is 94.8 Å². The molecule has 1 unspecified atom stereocenters. The van der Waals surface area contributed by atoms with E-state index in [1.165, 1.54) is 0 Å². The van der Waals surface area contributed by atoms with Crippen molar-refractivity contribution in [1.82, 2.24) is 5.32 Å². The van der Waals surface area contributed by atoms with Crippen LogP contribution in [-0.4, -0.2) is 37.9 Å². The van der Waals surface area contributed by atoms with Crippen LogP contribution < -0.4 is 11.1 Å². The molecule has 0 rings (SSSR count). The second kappa shape index (κ2) is 8.75. The Morgan fingerprint density at radius 1 is 1.57 bits per heavy atom. The molecule has 0 spiro atoms. The number of hydrogen-bond donors (Lipinski definition) is 3. The summed E-state index contributed by atoms with van der Waals surface area (Å²) in [5.41, 5.74) is 5.28. The number of nitrogens with two attached hydrogens (primary N) is 1. The van der Waals surface area contributed by atoms with E-state index in [1.54, 1.807) is 0 Å². The van der Waals surface area contributed by atoms with Crippen LogP contribution in [0.1, 0.15) is 13.3 Å². The van der Waals surface area contributed by atoms with E-state index in [0.29, 0.717) is 23.1 Å². The van der Waals surface area contributed by atoms with Gasteiger partial charge in [-0.3, -0.25) is 4.55 Å². The van der Waals surface area contributed by atoms with Crippen molar-refractivity contribution in [1.29, 1.82) is 0 Å². The quantitative estimate of drug-likeness (QED) is 0.347. The van der Waals surface area contributed by atoms with Gasteiger partial charge in [0, 0.05) is 11.8 Å². The lowest BCUT2D eigenvalue weighted by Crippen LogP contribution is -2.30. The van der Waals surface area contributed by atoms with Crippen LogP contribution in [0.15, 0.2) is 0 Å². The first kappa shape index (κ1) is 16.9. The zero-order valence-corrected chi connectivity index (χ0v) is 10.4. The predicted molar refractivity (Wildman–Crippen MR) is 62.4 cm³/mol. The topological polar surface area (TPSA) is 92.4 Å². The maximum absolute atomic E-state index is 10.3. The first-order valence-corrected chi connectivity index (χ1v) is 6.95. The van der Waals surface area contributed by atoms with E-state index in [2.05, 4.69) is 5.32 Å². The molecule has 0 amide bonds. The van der Waals surface area contributed by atoms with E-state index >= 15 is 0 Å². The minimum Gasteiger partial charge on any atom is -0.330 e. The van der Waals surface area contributed by atoms with Gasteiger partial charge in [-0.25, -0.2) is 0 Å². The van der Waals surface area contributed by atoms with Crippen LogP contribution in [0, 0.1) is 0 Å². The second-order valence-electron chi connectivity index (χ2n) is 2.71. The summed E-state index contributed by atoms with van der Waals surface area (Å²) in [5, 5.41) is 3.08. The van der Waals surface area contributed by atoms with Crippen LogP contribution in [0.2, 0.25) is 0 Å². The van der Waals surface area contributed by atoms with Crippen molar-refractivity contribution >= 4 is 32.4 Å². The van der Waals surface area contributed by atoms with Gasteiger partial charge in [-0.2, -0.15) is 8.42 Å². The third-order valence-corrected chi connectivity index (χ3v) is 3.58. The molecule has 1 atom stereocenters. The van der Waals surface area contributed by atoms with Crippen molar-refractivity contribution < 1.29 is 13.0 Å². The summed E-state index contributed by atoms with van der Waals surface area (Å²) in [7, 11) is -3.36. The first-order chi connectivity index (χ1) is 5.95. The van der Waals surface area contributed by atoms with Gasteiger partial charge in [0.2, 0.25) is 0 Å². The van der Waals surface area contributed by atoms with Crippen LogP contribution in [0.4, 0.5) is 0 Å². The van der Waals surface area contributed by atoms with E-state index in [0.717, 1.165) is 13.0 Å².